The van der Waals surface area contributed by atoms with E-state index in [1.54, 1.807) is 34.4 Å². The van der Waals surface area contributed by atoms with E-state index in [0.29, 0.717) is 19.7 Å². The third-order valence-corrected chi connectivity index (χ3v) is 8.44. The monoisotopic (exact) mass is 500 g/mol. The van der Waals surface area contributed by atoms with Crippen molar-refractivity contribution in [3.63, 3.8) is 0 Å². The normalized spacial score (nSPS) is 22.3. The Balaban J connectivity index is 1.32. The molecular formula is C27H33FN2O4S. The zero-order valence-corrected chi connectivity index (χ0v) is 20.8. The largest absolute Gasteiger partial charge is 0.488 e. The minimum absolute atomic E-state index is 0.00169. The predicted molar refractivity (Wildman–Crippen MR) is 132 cm³/mol. The van der Waals surface area contributed by atoms with Crippen LogP contribution in [0.3, 0.4) is 0 Å². The van der Waals surface area contributed by atoms with Crippen molar-refractivity contribution in [3.05, 3.63) is 52.0 Å². The van der Waals surface area contributed by atoms with Crippen LogP contribution in [0.1, 0.15) is 55.0 Å². The van der Waals surface area contributed by atoms with E-state index < -0.39 is 5.82 Å². The van der Waals surface area contributed by atoms with Crippen LogP contribution in [0.4, 0.5) is 4.39 Å². The number of benzene rings is 1. The molecule has 3 aliphatic rings. The van der Waals surface area contributed by atoms with Gasteiger partial charge in [-0.05, 0) is 61.2 Å². The van der Waals surface area contributed by atoms with Crippen LogP contribution in [0.2, 0.25) is 0 Å². The fourth-order valence-electron chi connectivity index (χ4n) is 5.56. The lowest BCUT2D eigenvalue weighted by atomic mass is 10.00. The van der Waals surface area contributed by atoms with E-state index in [4.69, 9.17) is 9.47 Å². The van der Waals surface area contributed by atoms with Gasteiger partial charge in [0.05, 0.1) is 18.7 Å². The molecule has 188 valence electrons. The van der Waals surface area contributed by atoms with Gasteiger partial charge in [0.1, 0.15) is 6.61 Å². The molecule has 1 saturated carbocycles. The molecule has 0 radical (unpaired) electrons. The zero-order chi connectivity index (χ0) is 24.2. The molecule has 2 aliphatic heterocycles. The fraction of sp³-hybridized carbons (Fsp3) is 0.556. The Bertz CT molecular complexity index is 1030. The summed E-state index contributed by atoms with van der Waals surface area (Å²) in [6.45, 7) is 1.95. The maximum absolute atomic E-state index is 14.2. The van der Waals surface area contributed by atoms with Gasteiger partial charge in [-0.15, -0.1) is 11.3 Å². The van der Waals surface area contributed by atoms with E-state index in [9.17, 15) is 14.0 Å². The Morgan fingerprint density at radius 2 is 1.97 bits per heavy atom. The first kappa shape index (κ1) is 24.3. The highest BCUT2D eigenvalue weighted by atomic mass is 32.1. The van der Waals surface area contributed by atoms with Gasteiger partial charge in [0, 0.05) is 30.5 Å². The molecule has 2 fully saturated rings. The van der Waals surface area contributed by atoms with Gasteiger partial charge in [-0.25, -0.2) is 4.39 Å². The highest BCUT2D eigenvalue weighted by Crippen LogP contribution is 2.35. The van der Waals surface area contributed by atoms with Crippen molar-refractivity contribution in [3.8, 4) is 5.75 Å². The Morgan fingerprint density at radius 1 is 1.14 bits per heavy atom. The summed E-state index contributed by atoms with van der Waals surface area (Å²) in [6, 6.07) is 8.04. The van der Waals surface area contributed by atoms with Gasteiger partial charge in [0.2, 0.25) is 11.8 Å². The average Bonchev–Trinajstić information content (AvgIpc) is 3.65. The van der Waals surface area contributed by atoms with Crippen molar-refractivity contribution < 1.29 is 23.5 Å². The van der Waals surface area contributed by atoms with Crippen LogP contribution in [0.15, 0.2) is 35.7 Å². The molecule has 1 aliphatic carbocycles. The second kappa shape index (κ2) is 11.1. The molecule has 6 nitrogen and oxygen atoms in total. The molecule has 2 amide bonds. The predicted octanol–water partition coefficient (Wildman–Crippen LogP) is 4.59. The van der Waals surface area contributed by atoms with Crippen molar-refractivity contribution >= 4 is 23.2 Å². The molecule has 2 atom stereocenters. The summed E-state index contributed by atoms with van der Waals surface area (Å²) in [4.78, 5) is 31.9. The van der Waals surface area contributed by atoms with Gasteiger partial charge in [-0.3, -0.25) is 9.59 Å². The number of para-hydroxylation sites is 1. The summed E-state index contributed by atoms with van der Waals surface area (Å²) < 4.78 is 25.8. The Kier molecular flexibility index (Phi) is 7.68. The minimum Gasteiger partial charge on any atom is -0.488 e. The molecular weight excluding hydrogens is 467 g/mol. The zero-order valence-electron chi connectivity index (χ0n) is 20.0. The van der Waals surface area contributed by atoms with E-state index in [0.717, 1.165) is 50.5 Å². The molecule has 35 heavy (non-hydrogen) atoms. The lowest BCUT2D eigenvalue weighted by molar-refractivity contribution is -0.146. The summed E-state index contributed by atoms with van der Waals surface area (Å²) in [6.07, 6.45) is 6.62. The van der Waals surface area contributed by atoms with Crippen molar-refractivity contribution in [1.29, 1.82) is 0 Å². The highest BCUT2D eigenvalue weighted by Gasteiger charge is 2.36. The van der Waals surface area contributed by atoms with Crippen LogP contribution in [0, 0.1) is 11.7 Å². The van der Waals surface area contributed by atoms with E-state index in [1.807, 2.05) is 16.3 Å². The third kappa shape index (κ3) is 5.54. The van der Waals surface area contributed by atoms with Crippen LogP contribution in [0.5, 0.6) is 5.75 Å². The number of hydrogen-bond donors (Lipinski definition) is 0. The molecule has 0 spiro atoms. The fourth-order valence-corrected chi connectivity index (χ4v) is 6.48. The van der Waals surface area contributed by atoms with Crippen LogP contribution in [0.25, 0.3) is 0 Å². The highest BCUT2D eigenvalue weighted by molar-refractivity contribution is 7.10. The van der Waals surface area contributed by atoms with Crippen LogP contribution in [-0.4, -0.2) is 60.6 Å². The van der Waals surface area contributed by atoms with Crippen molar-refractivity contribution in [1.82, 2.24) is 9.80 Å². The van der Waals surface area contributed by atoms with Gasteiger partial charge in [-0.1, -0.05) is 25.0 Å². The average molecular weight is 501 g/mol. The lowest BCUT2D eigenvalue weighted by Gasteiger charge is -2.37. The third-order valence-electron chi connectivity index (χ3n) is 7.44. The Morgan fingerprint density at radius 3 is 2.74 bits per heavy atom. The van der Waals surface area contributed by atoms with Crippen molar-refractivity contribution in [2.75, 3.05) is 32.8 Å². The Labute approximate surface area is 210 Å². The molecule has 1 aromatic heterocycles. The van der Waals surface area contributed by atoms with Crippen LogP contribution < -0.4 is 4.74 Å². The summed E-state index contributed by atoms with van der Waals surface area (Å²) in [7, 11) is 0. The molecule has 1 saturated heterocycles. The number of carbonyl (C=O) groups excluding carboxylic acids is 2. The number of fused-ring (bicyclic) bond motifs is 1. The van der Waals surface area contributed by atoms with Gasteiger partial charge < -0.3 is 19.3 Å². The first-order chi connectivity index (χ1) is 17.1. The van der Waals surface area contributed by atoms with Gasteiger partial charge in [0.15, 0.2) is 11.6 Å². The second-order valence-electron chi connectivity index (χ2n) is 9.73. The number of halogens is 1. The molecule has 8 heteroatoms. The van der Waals surface area contributed by atoms with E-state index in [1.165, 1.54) is 10.9 Å². The summed E-state index contributed by atoms with van der Waals surface area (Å²) in [5.74, 6) is -0.239. The minimum atomic E-state index is -0.420. The van der Waals surface area contributed by atoms with Gasteiger partial charge in [0.25, 0.3) is 0 Å². The lowest BCUT2D eigenvalue weighted by Crippen LogP contribution is -2.50. The number of hydrogen-bond acceptors (Lipinski definition) is 5. The van der Waals surface area contributed by atoms with Gasteiger partial charge in [-0.2, -0.15) is 0 Å². The van der Waals surface area contributed by atoms with E-state index >= 15 is 0 Å². The number of carbonyl (C=O) groups is 2. The smallest absolute Gasteiger partial charge is 0.242 e. The van der Waals surface area contributed by atoms with Gasteiger partial charge >= 0.3 is 0 Å². The molecule has 1 aromatic carbocycles. The van der Waals surface area contributed by atoms with E-state index in [2.05, 4.69) is 0 Å². The quantitative estimate of drug-likeness (QED) is 0.532. The first-order valence-corrected chi connectivity index (χ1v) is 13.6. The van der Waals surface area contributed by atoms with Crippen molar-refractivity contribution in [2.24, 2.45) is 5.92 Å². The standard InChI is InChI=1S/C27H33FN2O4S/c28-22-9-3-4-10-24(22)34-18-23-21-12-15-35-25(21)11-13-30(23)26(31)17-29(16-20-8-5-14-33-20)27(32)19-6-1-2-7-19/h3-4,9-10,12,15,19-20,23H,1-2,5-8,11,13-14,16-18H2/t20-,23+/m0/s1. The molecule has 2 aromatic rings. The maximum Gasteiger partial charge on any atom is 0.242 e. The second-order valence-corrected chi connectivity index (χ2v) is 10.7. The number of nitrogens with zero attached hydrogens (tertiary/aromatic N) is 2. The van der Waals surface area contributed by atoms with Crippen LogP contribution >= 0.6 is 11.3 Å². The molecule has 0 N–H and O–H groups in total. The number of amides is 2. The summed E-state index contributed by atoms with van der Waals surface area (Å²) >= 11 is 1.68. The molecule has 0 bridgehead atoms. The number of thiophene rings is 1. The Hall–Kier alpha value is -2.45. The van der Waals surface area contributed by atoms with Crippen LogP contribution in [-0.2, 0) is 20.7 Å². The van der Waals surface area contributed by atoms with Crippen molar-refractivity contribution in [2.45, 2.75) is 57.1 Å². The maximum atomic E-state index is 14.2. The topological polar surface area (TPSA) is 59.1 Å². The number of ether oxygens (including phenoxy) is 2. The molecule has 3 heterocycles. The summed E-state index contributed by atoms with van der Waals surface area (Å²) in [5, 5.41) is 2.03. The SMILES string of the molecule is O=C(C1CCCC1)N(CC(=O)N1CCc2sccc2[C@H]1COc1ccccc1F)C[C@@H]1CCCO1. The molecule has 5 rings (SSSR count). The summed E-state index contributed by atoms with van der Waals surface area (Å²) in [5.41, 5.74) is 1.05. The number of rotatable bonds is 8. The van der Waals surface area contributed by atoms with E-state index in [-0.39, 0.29) is 48.8 Å². The first-order valence-electron chi connectivity index (χ1n) is 12.7. The molecule has 0 unspecified atom stereocenters.